The summed E-state index contributed by atoms with van der Waals surface area (Å²) in [5.74, 6) is -0.562. The molecule has 1 aromatic heterocycles. The molecule has 4 rings (SSSR count). The summed E-state index contributed by atoms with van der Waals surface area (Å²) in [4.78, 5) is 15.5. The second-order valence-electron chi connectivity index (χ2n) is 7.88. The fraction of sp³-hybridized carbons (Fsp3) is 0.381. The first-order valence-electron chi connectivity index (χ1n) is 9.32. The van der Waals surface area contributed by atoms with Gasteiger partial charge >= 0.3 is 0 Å². The van der Waals surface area contributed by atoms with Crippen LogP contribution in [0.5, 0.6) is 0 Å². The number of anilines is 1. The zero-order valence-corrected chi connectivity index (χ0v) is 16.8. The molecule has 0 radical (unpaired) electrons. The highest BCUT2D eigenvalue weighted by atomic mass is 32.1. The molecular weight excluding hydrogens is 370 g/mol. The van der Waals surface area contributed by atoms with Crippen LogP contribution in [0.25, 0.3) is 0 Å². The lowest BCUT2D eigenvalue weighted by molar-refractivity contribution is -0.131. The number of thiophene rings is 1. The summed E-state index contributed by atoms with van der Waals surface area (Å²) in [5.41, 5.74) is 6.67. The van der Waals surface area contributed by atoms with Crippen LogP contribution in [-0.2, 0) is 15.7 Å². The quantitative estimate of drug-likeness (QED) is 0.744. The summed E-state index contributed by atoms with van der Waals surface area (Å²) in [6.07, 6.45) is 2.85. The van der Waals surface area contributed by atoms with Gasteiger partial charge in [-0.2, -0.15) is 5.26 Å². The van der Waals surface area contributed by atoms with Gasteiger partial charge in [0.15, 0.2) is 5.96 Å². The van der Waals surface area contributed by atoms with Crippen LogP contribution in [0.1, 0.15) is 48.1 Å². The monoisotopic (exact) mass is 393 g/mol. The van der Waals surface area contributed by atoms with Gasteiger partial charge in [-0.1, -0.05) is 24.3 Å². The average Bonchev–Trinajstić information content (AvgIpc) is 3.08. The molecule has 1 saturated carbocycles. The molecule has 2 aliphatic rings. The minimum Gasteiger partial charge on any atom is -0.391 e. The number of nitrogens with zero attached hydrogens (tertiary/aromatic N) is 2. The Morgan fingerprint density at radius 1 is 1.29 bits per heavy atom. The second kappa shape index (κ2) is 6.35. The highest BCUT2D eigenvalue weighted by Gasteiger charge is 2.49. The maximum Gasteiger partial charge on any atom is 0.239 e. The van der Waals surface area contributed by atoms with Gasteiger partial charge < -0.3 is 11.1 Å². The van der Waals surface area contributed by atoms with Crippen LogP contribution in [-0.4, -0.2) is 23.8 Å². The summed E-state index contributed by atoms with van der Waals surface area (Å²) in [5, 5.41) is 21.7. The van der Waals surface area contributed by atoms with Crippen molar-refractivity contribution < 1.29 is 4.79 Å². The molecule has 2 atom stereocenters. The number of rotatable bonds is 3. The predicted molar refractivity (Wildman–Crippen MR) is 110 cm³/mol. The lowest BCUT2D eigenvalue weighted by Gasteiger charge is -2.45. The first-order valence-corrected chi connectivity index (χ1v) is 10.1. The molecule has 1 aliphatic carbocycles. The molecule has 2 heterocycles. The van der Waals surface area contributed by atoms with Gasteiger partial charge in [0.2, 0.25) is 5.91 Å². The molecule has 1 saturated heterocycles. The van der Waals surface area contributed by atoms with E-state index in [1.54, 1.807) is 7.05 Å². The van der Waals surface area contributed by atoms with Gasteiger partial charge in [-0.3, -0.25) is 15.1 Å². The Morgan fingerprint density at radius 2 is 1.96 bits per heavy atom. The van der Waals surface area contributed by atoms with Gasteiger partial charge in [0.1, 0.15) is 0 Å². The Morgan fingerprint density at radius 3 is 2.46 bits per heavy atom. The van der Waals surface area contributed by atoms with Crippen LogP contribution in [0.2, 0.25) is 0 Å². The zero-order valence-electron chi connectivity index (χ0n) is 16.0. The molecule has 0 spiro atoms. The van der Waals surface area contributed by atoms with E-state index in [2.05, 4.69) is 11.4 Å². The second-order valence-corrected chi connectivity index (χ2v) is 8.99. The van der Waals surface area contributed by atoms with Crippen molar-refractivity contribution in [1.82, 2.24) is 10.2 Å². The first kappa shape index (κ1) is 18.5. The van der Waals surface area contributed by atoms with Crippen LogP contribution in [0.15, 0.2) is 36.4 Å². The Kier molecular flexibility index (Phi) is 4.20. The molecule has 2 fully saturated rings. The van der Waals surface area contributed by atoms with Gasteiger partial charge in [-0.05, 0) is 49.4 Å². The number of carbonyl (C=O) groups is 1. The van der Waals surface area contributed by atoms with Crippen molar-refractivity contribution in [3.63, 3.8) is 0 Å². The fourth-order valence-corrected chi connectivity index (χ4v) is 5.16. The maximum atomic E-state index is 13.2. The number of hydrogen-bond donors (Lipinski definition) is 3. The van der Waals surface area contributed by atoms with E-state index in [-0.39, 0.29) is 17.3 Å². The summed E-state index contributed by atoms with van der Waals surface area (Å²) >= 11 is 1.43. The average molecular weight is 394 g/mol. The molecule has 6 nitrogen and oxygen atoms in total. The number of guanidine groups is 1. The van der Waals surface area contributed by atoms with Crippen molar-refractivity contribution in [2.45, 2.75) is 43.1 Å². The summed E-state index contributed by atoms with van der Waals surface area (Å²) in [6, 6.07) is 14.1. The molecular formula is C21H23N5OS. The lowest BCUT2D eigenvalue weighted by Crippen LogP contribution is -2.62. The molecule has 4 N–H and O–H groups in total. The normalized spacial score (nSPS) is 26.3. The minimum absolute atomic E-state index is 0.0743. The highest BCUT2D eigenvalue weighted by molar-refractivity contribution is 7.16. The highest BCUT2D eigenvalue weighted by Crippen LogP contribution is 2.46. The molecule has 1 aliphatic heterocycles. The third kappa shape index (κ3) is 2.60. The molecule has 1 amide bonds. The van der Waals surface area contributed by atoms with Crippen molar-refractivity contribution in [1.29, 1.82) is 10.7 Å². The minimum atomic E-state index is -0.770. The molecule has 144 valence electrons. The van der Waals surface area contributed by atoms with Gasteiger partial charge in [0.05, 0.1) is 27.9 Å². The number of nitriles is 1. The largest absolute Gasteiger partial charge is 0.391 e. The van der Waals surface area contributed by atoms with Crippen molar-refractivity contribution in [3.8, 4) is 6.07 Å². The molecule has 28 heavy (non-hydrogen) atoms. The number of nitrogens with one attached hydrogen (secondary N) is 2. The van der Waals surface area contributed by atoms with Gasteiger partial charge in [-0.25, -0.2) is 0 Å². The van der Waals surface area contributed by atoms with Crippen LogP contribution in [0.4, 0.5) is 5.00 Å². The molecule has 0 unspecified atom stereocenters. The third-order valence-electron chi connectivity index (χ3n) is 6.22. The number of amides is 1. The SMILES string of the molecule is CN1C(=N)N[C@](C)(c2ccc(N)s2)[C@@H](c2ccc(C3(C#N)CCC3)cc2)C1=O. The Balaban J connectivity index is 1.77. The van der Waals surface area contributed by atoms with E-state index in [9.17, 15) is 10.1 Å². The van der Waals surface area contributed by atoms with E-state index in [0.29, 0.717) is 5.00 Å². The number of likely N-dealkylation sites (N-methyl/N-ethyl adjacent to an activating group) is 1. The summed E-state index contributed by atoms with van der Waals surface area (Å²) in [6.45, 7) is 1.94. The van der Waals surface area contributed by atoms with E-state index in [1.165, 1.54) is 16.2 Å². The van der Waals surface area contributed by atoms with E-state index < -0.39 is 11.5 Å². The number of carbonyl (C=O) groups excluding carboxylic acids is 1. The van der Waals surface area contributed by atoms with Crippen molar-refractivity contribution >= 4 is 28.2 Å². The zero-order chi connectivity index (χ0) is 20.1. The molecule has 2 aromatic rings. The molecule has 7 heteroatoms. The summed E-state index contributed by atoms with van der Waals surface area (Å²) in [7, 11) is 1.61. The Labute approximate surface area is 168 Å². The first-order chi connectivity index (χ1) is 13.3. The predicted octanol–water partition coefficient (Wildman–Crippen LogP) is 3.27. The van der Waals surface area contributed by atoms with Crippen molar-refractivity contribution in [2.24, 2.45) is 0 Å². The number of nitrogen functional groups attached to an aromatic ring is 1. The van der Waals surface area contributed by atoms with Crippen LogP contribution < -0.4 is 11.1 Å². The van der Waals surface area contributed by atoms with Crippen LogP contribution in [0.3, 0.4) is 0 Å². The topological polar surface area (TPSA) is 106 Å². The number of hydrogen-bond acceptors (Lipinski definition) is 5. The molecule has 0 bridgehead atoms. The third-order valence-corrected chi connectivity index (χ3v) is 7.38. The van der Waals surface area contributed by atoms with Crippen LogP contribution >= 0.6 is 11.3 Å². The maximum absolute atomic E-state index is 13.2. The Bertz CT molecular complexity index is 985. The van der Waals surface area contributed by atoms with Gasteiger partial charge in [0, 0.05) is 11.9 Å². The molecule has 1 aromatic carbocycles. The standard InChI is InChI=1S/C21H23N5OS/c1-20(15-8-9-16(23)28-15)17(18(27)26(2)19(24)25-20)13-4-6-14(7-5-13)21(12-22)10-3-11-21/h4-9,17H,3,10-11,23H2,1-2H3,(H2,24,25)/t17-,20+/m0/s1. The van der Waals surface area contributed by atoms with E-state index in [0.717, 1.165) is 35.3 Å². The van der Waals surface area contributed by atoms with Crippen LogP contribution in [0, 0.1) is 16.7 Å². The smallest absolute Gasteiger partial charge is 0.239 e. The lowest BCUT2D eigenvalue weighted by atomic mass is 9.65. The van der Waals surface area contributed by atoms with E-state index >= 15 is 0 Å². The van der Waals surface area contributed by atoms with E-state index in [1.807, 2.05) is 43.3 Å². The number of nitrogens with two attached hydrogens (primary N) is 1. The fourth-order valence-electron chi connectivity index (χ4n) is 4.25. The summed E-state index contributed by atoms with van der Waals surface area (Å²) < 4.78 is 0. The van der Waals surface area contributed by atoms with Gasteiger partial charge in [-0.15, -0.1) is 11.3 Å². The Hall–Kier alpha value is -2.85. The van der Waals surface area contributed by atoms with Crippen molar-refractivity contribution in [2.75, 3.05) is 12.8 Å². The van der Waals surface area contributed by atoms with Crippen molar-refractivity contribution in [3.05, 3.63) is 52.4 Å². The van der Waals surface area contributed by atoms with Gasteiger partial charge in [0.25, 0.3) is 0 Å². The number of benzene rings is 1. The van der Waals surface area contributed by atoms with E-state index in [4.69, 9.17) is 11.1 Å².